The Morgan fingerprint density at radius 3 is 2.24 bits per heavy atom. The van der Waals surface area contributed by atoms with Crippen molar-refractivity contribution in [2.24, 2.45) is 5.73 Å². The van der Waals surface area contributed by atoms with Crippen molar-refractivity contribution < 1.29 is 13.9 Å². The maximum atomic E-state index is 13.2. The summed E-state index contributed by atoms with van der Waals surface area (Å²) in [5, 5.41) is 0. The molecule has 0 radical (unpaired) electrons. The SMILES string of the molecule is COc1cc(C)c(C(N)c2ccc(F)cc2I)cc1OC. The van der Waals surface area contributed by atoms with Crippen LogP contribution in [0.5, 0.6) is 11.5 Å². The lowest BCUT2D eigenvalue weighted by molar-refractivity contribution is 0.354. The van der Waals surface area contributed by atoms with Gasteiger partial charge in [-0.2, -0.15) is 0 Å². The molecule has 0 aliphatic heterocycles. The molecule has 0 fully saturated rings. The van der Waals surface area contributed by atoms with Gasteiger partial charge in [0.1, 0.15) is 5.82 Å². The molecule has 5 heteroatoms. The Labute approximate surface area is 137 Å². The number of rotatable bonds is 4. The number of benzene rings is 2. The first-order valence-corrected chi connectivity index (χ1v) is 7.48. The van der Waals surface area contributed by atoms with E-state index >= 15 is 0 Å². The zero-order valence-corrected chi connectivity index (χ0v) is 14.3. The zero-order valence-electron chi connectivity index (χ0n) is 12.1. The topological polar surface area (TPSA) is 44.5 Å². The second kappa shape index (κ2) is 6.62. The van der Waals surface area contributed by atoms with Crippen LogP contribution in [0.4, 0.5) is 4.39 Å². The van der Waals surface area contributed by atoms with E-state index < -0.39 is 0 Å². The Morgan fingerprint density at radius 1 is 1.05 bits per heavy atom. The van der Waals surface area contributed by atoms with Crippen LogP contribution in [0.1, 0.15) is 22.7 Å². The first-order valence-electron chi connectivity index (χ1n) is 6.41. The highest BCUT2D eigenvalue weighted by Crippen LogP contribution is 2.35. The molecule has 0 bridgehead atoms. The van der Waals surface area contributed by atoms with Crippen LogP contribution in [0.25, 0.3) is 0 Å². The first kappa shape index (κ1) is 16.0. The molecule has 0 saturated heterocycles. The highest BCUT2D eigenvalue weighted by molar-refractivity contribution is 14.1. The molecular formula is C16H17FINO2. The van der Waals surface area contributed by atoms with E-state index in [1.807, 2.05) is 19.1 Å². The summed E-state index contributed by atoms with van der Waals surface area (Å²) in [4.78, 5) is 0. The van der Waals surface area contributed by atoms with Gasteiger partial charge in [0.25, 0.3) is 0 Å². The van der Waals surface area contributed by atoms with Crippen molar-refractivity contribution in [2.45, 2.75) is 13.0 Å². The second-order valence-electron chi connectivity index (χ2n) is 4.71. The summed E-state index contributed by atoms with van der Waals surface area (Å²) in [5.74, 6) is 1.03. The molecule has 1 unspecified atom stereocenters. The maximum Gasteiger partial charge on any atom is 0.161 e. The lowest BCUT2D eigenvalue weighted by atomic mass is 9.95. The van der Waals surface area contributed by atoms with Crippen molar-refractivity contribution in [2.75, 3.05) is 14.2 Å². The number of hydrogen-bond acceptors (Lipinski definition) is 3. The molecule has 0 amide bonds. The second-order valence-corrected chi connectivity index (χ2v) is 5.87. The molecule has 2 aromatic rings. The van der Waals surface area contributed by atoms with Gasteiger partial charge in [-0.15, -0.1) is 0 Å². The summed E-state index contributed by atoms with van der Waals surface area (Å²) in [5.41, 5.74) is 9.17. The minimum Gasteiger partial charge on any atom is -0.493 e. The van der Waals surface area contributed by atoms with E-state index in [2.05, 4.69) is 22.6 Å². The third-order valence-corrected chi connectivity index (χ3v) is 4.34. The van der Waals surface area contributed by atoms with E-state index in [1.54, 1.807) is 20.3 Å². The fourth-order valence-corrected chi connectivity index (χ4v) is 3.07. The molecule has 0 heterocycles. The highest BCUT2D eigenvalue weighted by atomic mass is 127. The monoisotopic (exact) mass is 401 g/mol. The van der Waals surface area contributed by atoms with Crippen molar-refractivity contribution in [1.29, 1.82) is 0 Å². The normalized spacial score (nSPS) is 12.1. The zero-order chi connectivity index (χ0) is 15.6. The average molecular weight is 401 g/mol. The Bertz CT molecular complexity index is 661. The van der Waals surface area contributed by atoms with Gasteiger partial charge >= 0.3 is 0 Å². The standard InChI is InChI=1S/C16H17FINO2/c1-9-6-14(20-2)15(21-3)8-12(9)16(19)11-5-4-10(17)7-13(11)18/h4-8,16H,19H2,1-3H3. The molecule has 3 nitrogen and oxygen atoms in total. The molecule has 2 rings (SSSR count). The van der Waals surface area contributed by atoms with Gasteiger partial charge in [0.15, 0.2) is 11.5 Å². The van der Waals surface area contributed by atoms with Crippen LogP contribution in [0.3, 0.4) is 0 Å². The molecule has 0 spiro atoms. The lowest BCUT2D eigenvalue weighted by Crippen LogP contribution is -2.15. The number of ether oxygens (including phenoxy) is 2. The van der Waals surface area contributed by atoms with Crippen LogP contribution in [-0.4, -0.2) is 14.2 Å². The fourth-order valence-electron chi connectivity index (χ4n) is 2.25. The van der Waals surface area contributed by atoms with Gasteiger partial charge in [-0.05, 0) is 70.5 Å². The van der Waals surface area contributed by atoms with Crippen molar-refractivity contribution in [3.8, 4) is 11.5 Å². The van der Waals surface area contributed by atoms with Gasteiger partial charge in [0, 0.05) is 3.57 Å². The van der Waals surface area contributed by atoms with Crippen molar-refractivity contribution >= 4 is 22.6 Å². The third kappa shape index (κ3) is 3.29. The van der Waals surface area contributed by atoms with Crippen LogP contribution >= 0.6 is 22.6 Å². The van der Waals surface area contributed by atoms with Gasteiger partial charge in [0.2, 0.25) is 0 Å². The largest absolute Gasteiger partial charge is 0.493 e. The van der Waals surface area contributed by atoms with E-state index in [9.17, 15) is 4.39 Å². The molecular weight excluding hydrogens is 384 g/mol. The van der Waals surface area contributed by atoms with Crippen molar-refractivity contribution in [3.63, 3.8) is 0 Å². The van der Waals surface area contributed by atoms with Gasteiger partial charge in [-0.1, -0.05) is 6.07 Å². The first-order chi connectivity index (χ1) is 9.97. The minimum atomic E-state index is -0.350. The number of methoxy groups -OCH3 is 2. The summed E-state index contributed by atoms with van der Waals surface area (Å²) >= 11 is 2.10. The maximum absolute atomic E-state index is 13.2. The van der Waals surface area contributed by atoms with E-state index in [1.165, 1.54) is 12.1 Å². The molecule has 21 heavy (non-hydrogen) atoms. The highest BCUT2D eigenvalue weighted by Gasteiger charge is 2.18. The molecule has 112 valence electrons. The third-order valence-electron chi connectivity index (χ3n) is 3.40. The van der Waals surface area contributed by atoms with Gasteiger partial charge in [-0.25, -0.2) is 4.39 Å². The smallest absolute Gasteiger partial charge is 0.161 e. The molecule has 2 aromatic carbocycles. The van der Waals surface area contributed by atoms with Gasteiger partial charge < -0.3 is 15.2 Å². The Balaban J connectivity index is 2.50. The van der Waals surface area contributed by atoms with Crippen LogP contribution in [0.15, 0.2) is 30.3 Å². The summed E-state index contributed by atoms with van der Waals surface area (Å²) in [6, 6.07) is 8.04. The fraction of sp³-hybridized carbons (Fsp3) is 0.250. The van der Waals surface area contributed by atoms with E-state index in [0.717, 1.165) is 20.3 Å². The van der Waals surface area contributed by atoms with E-state index in [4.69, 9.17) is 15.2 Å². The quantitative estimate of drug-likeness (QED) is 0.793. The predicted molar refractivity (Wildman–Crippen MR) is 89.4 cm³/mol. The van der Waals surface area contributed by atoms with Crippen LogP contribution in [0.2, 0.25) is 0 Å². The molecule has 1 atom stereocenters. The summed E-state index contributed by atoms with van der Waals surface area (Å²) in [6.07, 6.45) is 0. The van der Waals surface area contributed by atoms with E-state index in [0.29, 0.717) is 11.5 Å². The molecule has 0 saturated carbocycles. The number of hydrogen-bond donors (Lipinski definition) is 1. The summed E-state index contributed by atoms with van der Waals surface area (Å²) in [6.45, 7) is 1.97. The molecule has 0 aliphatic carbocycles. The van der Waals surface area contributed by atoms with Crippen LogP contribution < -0.4 is 15.2 Å². The Kier molecular flexibility index (Phi) is 5.05. The number of nitrogens with two attached hydrogens (primary N) is 1. The molecule has 0 aliphatic rings. The number of halogens is 2. The number of aryl methyl sites for hydroxylation is 1. The molecule has 2 N–H and O–H groups in total. The lowest BCUT2D eigenvalue weighted by Gasteiger charge is -2.19. The van der Waals surface area contributed by atoms with E-state index in [-0.39, 0.29) is 11.9 Å². The summed E-state index contributed by atoms with van der Waals surface area (Å²) < 4.78 is 24.6. The van der Waals surface area contributed by atoms with Gasteiger partial charge in [0.05, 0.1) is 20.3 Å². The summed E-state index contributed by atoms with van der Waals surface area (Å²) in [7, 11) is 3.18. The predicted octanol–water partition coefficient (Wildman–Crippen LogP) is 3.80. The minimum absolute atomic E-state index is 0.264. The van der Waals surface area contributed by atoms with Crippen molar-refractivity contribution in [3.05, 3.63) is 56.4 Å². The van der Waals surface area contributed by atoms with Crippen molar-refractivity contribution in [1.82, 2.24) is 0 Å². The van der Waals surface area contributed by atoms with Gasteiger partial charge in [-0.3, -0.25) is 0 Å². The Hall–Kier alpha value is -1.34. The average Bonchev–Trinajstić information content (AvgIpc) is 2.46. The van der Waals surface area contributed by atoms with Crippen LogP contribution in [-0.2, 0) is 0 Å². The molecule has 0 aromatic heterocycles. The Morgan fingerprint density at radius 2 is 1.67 bits per heavy atom. The van der Waals surface area contributed by atoms with Crippen LogP contribution in [0, 0.1) is 16.3 Å².